The van der Waals surface area contributed by atoms with Crippen molar-refractivity contribution >= 4 is 34.7 Å². The lowest BCUT2D eigenvalue weighted by Crippen LogP contribution is -2.12. The van der Waals surface area contributed by atoms with Crippen molar-refractivity contribution in [1.82, 2.24) is 0 Å². The first-order valence-corrected chi connectivity index (χ1v) is 6.74. The van der Waals surface area contributed by atoms with Crippen LogP contribution < -0.4 is 0 Å². The van der Waals surface area contributed by atoms with Crippen molar-refractivity contribution in [2.24, 2.45) is 0 Å². The highest BCUT2D eigenvalue weighted by Gasteiger charge is 2.23. The van der Waals surface area contributed by atoms with Crippen LogP contribution in [0.4, 0.5) is 0 Å². The van der Waals surface area contributed by atoms with Gasteiger partial charge in [-0.15, -0.1) is 11.3 Å². The number of hydrogen-bond acceptors (Lipinski definition) is 3. The molecule has 0 fully saturated rings. The molecule has 0 saturated heterocycles. The second kappa shape index (κ2) is 5.15. The number of benzene rings is 1. The summed E-state index contributed by atoms with van der Waals surface area (Å²) < 4.78 is 0.505. The average molecular weight is 295 g/mol. The summed E-state index contributed by atoms with van der Waals surface area (Å²) >= 11 is 6.96. The summed E-state index contributed by atoms with van der Waals surface area (Å²) in [7, 11) is 0. The summed E-state index contributed by atoms with van der Waals surface area (Å²) in [6.07, 6.45) is 0. The molecule has 1 aromatic carbocycles. The summed E-state index contributed by atoms with van der Waals surface area (Å²) in [6, 6.07) is 6.70. The van der Waals surface area contributed by atoms with Gasteiger partial charge in [-0.25, -0.2) is 4.79 Å². The van der Waals surface area contributed by atoms with E-state index < -0.39 is 5.97 Å². The third-order valence-electron chi connectivity index (χ3n) is 2.86. The molecule has 0 aliphatic heterocycles. The van der Waals surface area contributed by atoms with Crippen LogP contribution in [0.1, 0.15) is 36.7 Å². The van der Waals surface area contributed by atoms with E-state index in [0.29, 0.717) is 20.3 Å². The van der Waals surface area contributed by atoms with Crippen LogP contribution in [0.2, 0.25) is 4.34 Å². The van der Waals surface area contributed by atoms with Crippen molar-refractivity contribution in [1.29, 1.82) is 0 Å². The quantitative estimate of drug-likeness (QED) is 0.872. The predicted molar refractivity (Wildman–Crippen MR) is 75.6 cm³/mol. The highest BCUT2D eigenvalue weighted by atomic mass is 35.5. The summed E-state index contributed by atoms with van der Waals surface area (Å²) in [5.74, 6) is -1.39. The summed E-state index contributed by atoms with van der Waals surface area (Å²) in [5.41, 5.74) is 1.53. The van der Waals surface area contributed by atoms with Crippen LogP contribution in [-0.2, 0) is 0 Å². The van der Waals surface area contributed by atoms with Crippen molar-refractivity contribution in [3.63, 3.8) is 0 Å². The van der Waals surface area contributed by atoms with Crippen molar-refractivity contribution in [3.05, 3.63) is 55.7 Å². The second-order valence-corrected chi connectivity index (χ2v) is 5.90. The van der Waals surface area contributed by atoms with Crippen LogP contribution >= 0.6 is 22.9 Å². The SMILES string of the molecule is Cc1ccc(C)c(C(=O)c2ccc(Cl)s2)c1C(=O)O. The minimum Gasteiger partial charge on any atom is -0.478 e. The van der Waals surface area contributed by atoms with E-state index in [1.165, 1.54) is 0 Å². The Morgan fingerprint density at radius 3 is 2.11 bits per heavy atom. The van der Waals surface area contributed by atoms with Crippen molar-refractivity contribution < 1.29 is 14.7 Å². The number of aromatic carboxylic acids is 1. The Hall–Kier alpha value is -1.65. The van der Waals surface area contributed by atoms with Crippen LogP contribution in [0.3, 0.4) is 0 Å². The van der Waals surface area contributed by atoms with Crippen molar-refractivity contribution in [2.45, 2.75) is 13.8 Å². The van der Waals surface area contributed by atoms with E-state index in [9.17, 15) is 14.7 Å². The lowest BCUT2D eigenvalue weighted by atomic mass is 9.93. The molecule has 1 N–H and O–H groups in total. The van der Waals surface area contributed by atoms with E-state index in [-0.39, 0.29) is 16.9 Å². The molecule has 98 valence electrons. The zero-order chi connectivity index (χ0) is 14.2. The maximum absolute atomic E-state index is 12.4. The number of rotatable bonds is 3. The maximum atomic E-state index is 12.4. The number of aryl methyl sites for hydroxylation is 2. The molecule has 0 bridgehead atoms. The molecule has 0 atom stereocenters. The van der Waals surface area contributed by atoms with Gasteiger partial charge in [0.05, 0.1) is 14.8 Å². The van der Waals surface area contributed by atoms with Crippen LogP contribution in [0.25, 0.3) is 0 Å². The molecule has 19 heavy (non-hydrogen) atoms. The topological polar surface area (TPSA) is 54.4 Å². The summed E-state index contributed by atoms with van der Waals surface area (Å²) in [5, 5.41) is 9.30. The lowest BCUT2D eigenvalue weighted by molar-refractivity contribution is 0.0692. The molecule has 0 aliphatic carbocycles. The smallest absolute Gasteiger partial charge is 0.336 e. The van der Waals surface area contributed by atoms with Gasteiger partial charge in [0, 0.05) is 5.56 Å². The fourth-order valence-corrected chi connectivity index (χ4v) is 2.93. The summed E-state index contributed by atoms with van der Waals surface area (Å²) in [6.45, 7) is 3.41. The standard InChI is InChI=1S/C14H11ClO3S/c1-7-3-4-8(2)12(14(17)18)11(7)13(16)9-5-6-10(15)19-9/h3-6H,1-2H3,(H,17,18). The second-order valence-electron chi connectivity index (χ2n) is 4.19. The minimum atomic E-state index is -1.09. The molecule has 2 rings (SSSR count). The Kier molecular flexibility index (Phi) is 3.73. The van der Waals surface area contributed by atoms with Gasteiger partial charge in [-0.05, 0) is 37.1 Å². The monoisotopic (exact) mass is 294 g/mol. The molecule has 3 nitrogen and oxygen atoms in total. The number of thiophene rings is 1. The fourth-order valence-electron chi connectivity index (χ4n) is 1.94. The number of carbonyl (C=O) groups is 2. The molecule has 0 radical (unpaired) electrons. The largest absolute Gasteiger partial charge is 0.478 e. The fraction of sp³-hybridized carbons (Fsp3) is 0.143. The Morgan fingerprint density at radius 1 is 1.05 bits per heavy atom. The number of carboxylic acid groups (broad SMARTS) is 1. The Labute approximate surface area is 119 Å². The molecule has 2 aromatic rings. The van der Waals surface area contributed by atoms with Gasteiger partial charge in [0.15, 0.2) is 0 Å². The normalized spacial score (nSPS) is 10.5. The van der Waals surface area contributed by atoms with Gasteiger partial charge in [-0.3, -0.25) is 4.79 Å². The third kappa shape index (κ3) is 2.55. The molecular weight excluding hydrogens is 284 g/mol. The number of halogens is 1. The molecule has 0 spiro atoms. The number of hydrogen-bond donors (Lipinski definition) is 1. The van der Waals surface area contributed by atoms with Gasteiger partial charge >= 0.3 is 5.97 Å². The zero-order valence-electron chi connectivity index (χ0n) is 10.4. The van der Waals surface area contributed by atoms with Gasteiger partial charge in [0.2, 0.25) is 5.78 Å². The zero-order valence-corrected chi connectivity index (χ0v) is 11.9. The summed E-state index contributed by atoms with van der Waals surface area (Å²) in [4.78, 5) is 24.3. The van der Waals surface area contributed by atoms with Gasteiger partial charge in [-0.2, -0.15) is 0 Å². The molecule has 1 heterocycles. The number of carboxylic acids is 1. The number of carbonyl (C=O) groups excluding carboxylic acids is 1. The molecule has 0 aliphatic rings. The molecule has 0 unspecified atom stereocenters. The van der Waals surface area contributed by atoms with Crippen molar-refractivity contribution in [2.75, 3.05) is 0 Å². The van der Waals surface area contributed by atoms with Crippen molar-refractivity contribution in [3.8, 4) is 0 Å². The van der Waals surface area contributed by atoms with Crippen LogP contribution in [0, 0.1) is 13.8 Å². The Morgan fingerprint density at radius 2 is 1.63 bits per heavy atom. The molecule has 1 aromatic heterocycles. The van der Waals surface area contributed by atoms with E-state index in [1.807, 2.05) is 0 Å². The van der Waals surface area contributed by atoms with E-state index >= 15 is 0 Å². The first-order chi connectivity index (χ1) is 8.91. The maximum Gasteiger partial charge on any atom is 0.336 e. The molecule has 0 saturated carbocycles. The molecular formula is C14H11ClO3S. The Balaban J connectivity index is 2.65. The van der Waals surface area contributed by atoms with Gasteiger partial charge < -0.3 is 5.11 Å². The molecule has 5 heteroatoms. The minimum absolute atomic E-state index is 0.0644. The van der Waals surface area contributed by atoms with Crippen LogP contribution in [-0.4, -0.2) is 16.9 Å². The lowest BCUT2D eigenvalue weighted by Gasteiger charge is -2.10. The first-order valence-electron chi connectivity index (χ1n) is 5.55. The average Bonchev–Trinajstić information content (AvgIpc) is 2.77. The highest BCUT2D eigenvalue weighted by molar-refractivity contribution is 7.18. The van der Waals surface area contributed by atoms with Gasteiger partial charge in [0.1, 0.15) is 0 Å². The Bertz CT molecular complexity index is 673. The number of ketones is 1. The van der Waals surface area contributed by atoms with Crippen LogP contribution in [0.5, 0.6) is 0 Å². The van der Waals surface area contributed by atoms with E-state index in [2.05, 4.69) is 0 Å². The van der Waals surface area contributed by atoms with E-state index in [1.54, 1.807) is 38.1 Å². The van der Waals surface area contributed by atoms with E-state index in [0.717, 1.165) is 11.3 Å². The van der Waals surface area contributed by atoms with Gasteiger partial charge in [0.25, 0.3) is 0 Å². The van der Waals surface area contributed by atoms with Crippen LogP contribution in [0.15, 0.2) is 24.3 Å². The third-order valence-corrected chi connectivity index (χ3v) is 4.09. The predicted octanol–water partition coefficient (Wildman–Crippen LogP) is 3.95. The van der Waals surface area contributed by atoms with E-state index in [4.69, 9.17) is 11.6 Å². The highest BCUT2D eigenvalue weighted by Crippen LogP contribution is 2.27. The first kappa shape index (κ1) is 13.8. The molecule has 0 amide bonds. The van der Waals surface area contributed by atoms with Gasteiger partial charge in [-0.1, -0.05) is 23.7 Å².